The van der Waals surface area contributed by atoms with Crippen LogP contribution in [0.3, 0.4) is 0 Å². The zero-order chi connectivity index (χ0) is 20.4. The number of piperidine rings is 1. The number of benzene rings is 1. The van der Waals surface area contributed by atoms with Crippen LogP contribution < -0.4 is 5.32 Å². The zero-order valence-corrected chi connectivity index (χ0v) is 16.3. The summed E-state index contributed by atoms with van der Waals surface area (Å²) in [7, 11) is 0. The van der Waals surface area contributed by atoms with Gasteiger partial charge in [0, 0.05) is 24.5 Å². The van der Waals surface area contributed by atoms with Crippen LogP contribution in [0.4, 0.5) is 10.1 Å². The first-order valence-electron chi connectivity index (χ1n) is 9.93. The van der Waals surface area contributed by atoms with Gasteiger partial charge in [-0.05, 0) is 62.1 Å². The molecular formula is C22H23FN4O2. The molecule has 0 saturated carbocycles. The average molecular weight is 394 g/mol. The van der Waals surface area contributed by atoms with Crippen molar-refractivity contribution in [1.82, 2.24) is 14.3 Å². The van der Waals surface area contributed by atoms with Gasteiger partial charge in [0.1, 0.15) is 5.82 Å². The van der Waals surface area contributed by atoms with Crippen molar-refractivity contribution in [2.24, 2.45) is 0 Å². The fraction of sp³-hybridized carbons (Fsp3) is 0.318. The number of amides is 2. The number of nitrogens with zero attached hydrogens (tertiary/aromatic N) is 3. The standard InChI is InChI=1S/C22H23FN4O2/c1-2-17-7-3-5-13-26(17)22(29)20-25-19(18-8-4-6-14-27(18)20)21(28)24-16-11-9-15(23)10-12-16/h4,6,8-12,14,17H,2-3,5,7,13H2,1H3,(H,24,28). The summed E-state index contributed by atoms with van der Waals surface area (Å²) in [6, 6.07) is 11.1. The van der Waals surface area contributed by atoms with E-state index in [0.29, 0.717) is 17.7 Å². The molecule has 29 heavy (non-hydrogen) atoms. The number of hydrogen-bond acceptors (Lipinski definition) is 3. The van der Waals surface area contributed by atoms with E-state index in [1.54, 1.807) is 28.8 Å². The van der Waals surface area contributed by atoms with E-state index in [1.807, 2.05) is 4.90 Å². The van der Waals surface area contributed by atoms with Crippen LogP contribution in [0, 0.1) is 5.82 Å². The highest BCUT2D eigenvalue weighted by Crippen LogP contribution is 2.23. The van der Waals surface area contributed by atoms with Crippen molar-refractivity contribution in [3.05, 3.63) is 66.0 Å². The van der Waals surface area contributed by atoms with Crippen molar-refractivity contribution in [2.75, 3.05) is 11.9 Å². The highest BCUT2D eigenvalue weighted by Gasteiger charge is 2.30. The van der Waals surface area contributed by atoms with E-state index in [1.165, 1.54) is 24.3 Å². The second-order valence-electron chi connectivity index (χ2n) is 7.26. The van der Waals surface area contributed by atoms with Crippen molar-refractivity contribution in [2.45, 2.75) is 38.6 Å². The SMILES string of the molecule is CCC1CCCCN1C(=O)c1nc(C(=O)Nc2ccc(F)cc2)c2ccccn12. The Hall–Kier alpha value is -3.22. The molecule has 0 bridgehead atoms. The van der Waals surface area contributed by atoms with Crippen molar-refractivity contribution < 1.29 is 14.0 Å². The molecule has 1 aromatic carbocycles. The van der Waals surface area contributed by atoms with Gasteiger partial charge in [-0.3, -0.25) is 14.0 Å². The van der Waals surface area contributed by atoms with Crippen LogP contribution in [-0.2, 0) is 0 Å². The van der Waals surface area contributed by atoms with Crippen LogP contribution in [0.2, 0.25) is 0 Å². The molecule has 1 N–H and O–H groups in total. The number of pyridine rings is 1. The fourth-order valence-corrected chi connectivity index (χ4v) is 3.90. The molecule has 1 fully saturated rings. The molecule has 2 aromatic heterocycles. The lowest BCUT2D eigenvalue weighted by molar-refractivity contribution is 0.0594. The topological polar surface area (TPSA) is 66.7 Å². The van der Waals surface area contributed by atoms with Gasteiger partial charge in [0.25, 0.3) is 11.8 Å². The molecule has 0 radical (unpaired) electrons. The van der Waals surface area contributed by atoms with Crippen LogP contribution in [0.25, 0.3) is 5.52 Å². The van der Waals surface area contributed by atoms with Crippen LogP contribution in [0.5, 0.6) is 0 Å². The number of rotatable bonds is 4. The second kappa shape index (κ2) is 8.03. The molecule has 1 aliphatic rings. The molecule has 1 atom stereocenters. The van der Waals surface area contributed by atoms with Crippen LogP contribution >= 0.6 is 0 Å². The summed E-state index contributed by atoms with van der Waals surface area (Å²) in [6.07, 6.45) is 5.73. The third kappa shape index (κ3) is 3.72. The number of halogens is 1. The van der Waals surface area contributed by atoms with E-state index in [0.717, 1.165) is 25.7 Å². The third-order valence-corrected chi connectivity index (χ3v) is 5.42. The molecule has 6 nitrogen and oxygen atoms in total. The van der Waals surface area contributed by atoms with Crippen molar-refractivity contribution >= 4 is 23.0 Å². The summed E-state index contributed by atoms with van der Waals surface area (Å²) < 4.78 is 14.8. The number of aromatic nitrogens is 2. The molecule has 0 spiro atoms. The lowest BCUT2D eigenvalue weighted by Gasteiger charge is -2.34. The summed E-state index contributed by atoms with van der Waals surface area (Å²) >= 11 is 0. The summed E-state index contributed by atoms with van der Waals surface area (Å²) in [4.78, 5) is 32.4. The molecule has 3 aromatic rings. The Labute approximate surface area is 168 Å². The number of nitrogens with one attached hydrogen (secondary N) is 1. The van der Waals surface area contributed by atoms with Crippen molar-refractivity contribution in [3.8, 4) is 0 Å². The summed E-state index contributed by atoms with van der Waals surface area (Å²) in [5.41, 5.74) is 1.19. The quantitative estimate of drug-likeness (QED) is 0.724. The van der Waals surface area contributed by atoms with E-state index >= 15 is 0 Å². The van der Waals surface area contributed by atoms with Crippen molar-refractivity contribution in [3.63, 3.8) is 0 Å². The van der Waals surface area contributed by atoms with Gasteiger partial charge in [-0.25, -0.2) is 9.37 Å². The minimum atomic E-state index is -0.440. The van der Waals surface area contributed by atoms with E-state index in [2.05, 4.69) is 17.2 Å². The molecule has 1 saturated heterocycles. The highest BCUT2D eigenvalue weighted by molar-refractivity contribution is 6.08. The van der Waals surface area contributed by atoms with Gasteiger partial charge in [0.2, 0.25) is 5.82 Å². The number of likely N-dealkylation sites (tertiary alicyclic amines) is 1. The van der Waals surface area contributed by atoms with Gasteiger partial charge < -0.3 is 10.2 Å². The number of carbonyl (C=O) groups excluding carboxylic acids is 2. The van der Waals surface area contributed by atoms with Crippen molar-refractivity contribution in [1.29, 1.82) is 0 Å². The average Bonchev–Trinajstić information content (AvgIpc) is 3.14. The number of hydrogen-bond donors (Lipinski definition) is 1. The molecule has 150 valence electrons. The van der Waals surface area contributed by atoms with E-state index in [9.17, 15) is 14.0 Å². The first-order chi connectivity index (χ1) is 14.1. The summed E-state index contributed by atoms with van der Waals surface area (Å²) in [5.74, 6) is -0.732. The Balaban J connectivity index is 1.68. The predicted molar refractivity (Wildman–Crippen MR) is 109 cm³/mol. The first kappa shape index (κ1) is 19.1. The second-order valence-corrected chi connectivity index (χ2v) is 7.26. The molecule has 1 unspecified atom stereocenters. The van der Waals surface area contributed by atoms with Gasteiger partial charge in [0.05, 0.1) is 5.52 Å². The molecule has 2 amide bonds. The van der Waals surface area contributed by atoms with Gasteiger partial charge in [-0.15, -0.1) is 0 Å². The van der Waals surface area contributed by atoms with Crippen LogP contribution in [0.15, 0.2) is 48.7 Å². The molecular weight excluding hydrogens is 371 g/mol. The number of imidazole rings is 1. The Morgan fingerprint density at radius 2 is 1.97 bits per heavy atom. The normalized spacial score (nSPS) is 16.8. The van der Waals surface area contributed by atoms with Crippen LogP contribution in [-0.4, -0.2) is 38.7 Å². The monoisotopic (exact) mass is 394 g/mol. The maximum atomic E-state index is 13.3. The molecule has 7 heteroatoms. The summed E-state index contributed by atoms with van der Waals surface area (Å²) in [6.45, 7) is 2.79. The minimum Gasteiger partial charge on any atom is -0.333 e. The van der Waals surface area contributed by atoms with Gasteiger partial charge in [-0.1, -0.05) is 13.0 Å². The third-order valence-electron chi connectivity index (χ3n) is 5.42. The number of carbonyl (C=O) groups is 2. The van der Waals surface area contributed by atoms with E-state index < -0.39 is 5.91 Å². The Morgan fingerprint density at radius 1 is 1.17 bits per heavy atom. The fourth-order valence-electron chi connectivity index (χ4n) is 3.90. The van der Waals surface area contributed by atoms with E-state index in [-0.39, 0.29) is 29.3 Å². The van der Waals surface area contributed by atoms with E-state index in [4.69, 9.17) is 0 Å². The predicted octanol–water partition coefficient (Wildman–Crippen LogP) is 4.13. The zero-order valence-electron chi connectivity index (χ0n) is 16.3. The molecule has 1 aliphatic heterocycles. The molecule has 0 aliphatic carbocycles. The largest absolute Gasteiger partial charge is 0.333 e. The number of fused-ring (bicyclic) bond motifs is 1. The minimum absolute atomic E-state index is 0.154. The van der Waals surface area contributed by atoms with Gasteiger partial charge in [-0.2, -0.15) is 0 Å². The highest BCUT2D eigenvalue weighted by atomic mass is 19.1. The first-order valence-corrected chi connectivity index (χ1v) is 9.93. The molecule has 3 heterocycles. The Morgan fingerprint density at radius 3 is 2.72 bits per heavy atom. The Kier molecular flexibility index (Phi) is 5.29. The Bertz CT molecular complexity index is 1040. The maximum Gasteiger partial charge on any atom is 0.290 e. The number of anilines is 1. The smallest absolute Gasteiger partial charge is 0.290 e. The van der Waals surface area contributed by atoms with Gasteiger partial charge in [0.15, 0.2) is 5.69 Å². The lowest BCUT2D eigenvalue weighted by atomic mass is 10.00. The summed E-state index contributed by atoms with van der Waals surface area (Å²) in [5, 5.41) is 2.72. The maximum absolute atomic E-state index is 13.3. The van der Waals surface area contributed by atoms with Crippen LogP contribution in [0.1, 0.15) is 53.7 Å². The molecule has 4 rings (SSSR count). The lowest BCUT2D eigenvalue weighted by Crippen LogP contribution is -2.44. The van der Waals surface area contributed by atoms with Gasteiger partial charge >= 0.3 is 0 Å².